The largest absolute Gasteiger partial charge is 0.482 e. The Morgan fingerprint density at radius 1 is 1.21 bits per heavy atom. The van der Waals surface area contributed by atoms with Crippen LogP contribution in [0.5, 0.6) is 5.75 Å². The molecule has 3 amide bonds. The first kappa shape index (κ1) is 21.2. The Hall–Kier alpha value is -3.10. The van der Waals surface area contributed by atoms with Gasteiger partial charge in [-0.05, 0) is 24.5 Å². The highest BCUT2D eigenvalue weighted by Crippen LogP contribution is 2.31. The van der Waals surface area contributed by atoms with Gasteiger partial charge in [0, 0.05) is 13.0 Å². The topological polar surface area (TPSA) is 125 Å². The van der Waals surface area contributed by atoms with Crippen molar-refractivity contribution in [2.45, 2.75) is 32.7 Å². The quantitative estimate of drug-likeness (QED) is 0.564. The molecular weight excluding hydrogens is 366 g/mol. The van der Waals surface area contributed by atoms with Gasteiger partial charge in [0.15, 0.2) is 6.61 Å². The van der Waals surface area contributed by atoms with Crippen molar-refractivity contribution in [3.63, 3.8) is 0 Å². The van der Waals surface area contributed by atoms with Crippen LogP contribution in [0.15, 0.2) is 24.3 Å². The molecule has 0 radical (unpaired) electrons. The van der Waals surface area contributed by atoms with Crippen LogP contribution in [0, 0.1) is 5.92 Å². The second-order valence-corrected chi connectivity index (χ2v) is 6.92. The Morgan fingerprint density at radius 3 is 2.61 bits per heavy atom. The lowest BCUT2D eigenvalue weighted by Gasteiger charge is -2.29. The molecule has 0 aliphatic carbocycles. The molecule has 1 aliphatic rings. The number of hydrogen-bond donors (Lipinski definition) is 3. The molecule has 1 heterocycles. The van der Waals surface area contributed by atoms with Crippen molar-refractivity contribution < 1.29 is 29.0 Å². The highest BCUT2D eigenvalue weighted by Gasteiger charge is 2.25. The van der Waals surface area contributed by atoms with Crippen molar-refractivity contribution in [1.82, 2.24) is 10.6 Å². The maximum atomic E-state index is 12.1. The second kappa shape index (κ2) is 9.72. The van der Waals surface area contributed by atoms with E-state index >= 15 is 0 Å². The van der Waals surface area contributed by atoms with E-state index in [0.29, 0.717) is 17.9 Å². The first-order valence-corrected chi connectivity index (χ1v) is 9.09. The number of fused-ring (bicyclic) bond motifs is 1. The van der Waals surface area contributed by atoms with Crippen molar-refractivity contribution >= 4 is 29.4 Å². The third-order valence-electron chi connectivity index (χ3n) is 4.16. The zero-order valence-electron chi connectivity index (χ0n) is 15.9. The van der Waals surface area contributed by atoms with Crippen molar-refractivity contribution in [3.8, 4) is 5.75 Å². The zero-order valence-corrected chi connectivity index (χ0v) is 15.9. The number of carbonyl (C=O) groups excluding carboxylic acids is 3. The number of nitrogens with zero attached hydrogens (tertiary/aromatic N) is 1. The molecule has 9 heteroatoms. The maximum absolute atomic E-state index is 12.1. The summed E-state index contributed by atoms with van der Waals surface area (Å²) in [4.78, 5) is 48.6. The third kappa shape index (κ3) is 5.97. The average Bonchev–Trinajstić information content (AvgIpc) is 2.64. The zero-order chi connectivity index (χ0) is 20.7. The standard InChI is InChI=1S/C19H25N3O6/c1-12(2)9-13(19(26)27)21-17(24)10-20-16(23)7-8-22-14-5-3-4-6-15(14)28-11-18(22)25/h3-6,12-13H,7-11H2,1-2H3,(H,20,23)(H,21,24)(H,26,27)/t13-/m0/s1. The molecular formula is C19H25N3O6. The molecule has 0 saturated heterocycles. The van der Waals surface area contributed by atoms with Crippen LogP contribution in [-0.4, -0.2) is 54.5 Å². The van der Waals surface area contributed by atoms with E-state index in [9.17, 15) is 19.2 Å². The fraction of sp³-hybridized carbons (Fsp3) is 0.474. The molecule has 2 rings (SSSR count). The molecule has 28 heavy (non-hydrogen) atoms. The summed E-state index contributed by atoms with van der Waals surface area (Å²) in [5.74, 6) is -1.67. The van der Waals surface area contributed by atoms with Gasteiger partial charge in [-0.15, -0.1) is 0 Å². The SMILES string of the molecule is CC(C)C[C@H](NC(=O)CNC(=O)CCN1C(=O)COc2ccccc21)C(=O)O. The summed E-state index contributed by atoms with van der Waals surface area (Å²) in [5, 5.41) is 14.0. The van der Waals surface area contributed by atoms with E-state index < -0.39 is 23.8 Å². The van der Waals surface area contributed by atoms with Crippen molar-refractivity contribution in [2.24, 2.45) is 5.92 Å². The molecule has 0 aromatic heterocycles. The van der Waals surface area contributed by atoms with Gasteiger partial charge in [-0.3, -0.25) is 14.4 Å². The predicted molar refractivity (Wildman–Crippen MR) is 101 cm³/mol. The normalized spacial score (nSPS) is 14.1. The second-order valence-electron chi connectivity index (χ2n) is 6.92. The van der Waals surface area contributed by atoms with Crippen LogP contribution in [0.25, 0.3) is 0 Å². The number of carboxylic acid groups (broad SMARTS) is 1. The lowest BCUT2D eigenvalue weighted by Crippen LogP contribution is -2.46. The van der Waals surface area contributed by atoms with E-state index in [2.05, 4.69) is 10.6 Å². The molecule has 0 unspecified atom stereocenters. The molecule has 1 aromatic carbocycles. The Morgan fingerprint density at radius 2 is 1.93 bits per heavy atom. The smallest absolute Gasteiger partial charge is 0.326 e. The van der Waals surface area contributed by atoms with Crippen LogP contribution < -0.4 is 20.3 Å². The molecule has 0 saturated carbocycles. The van der Waals surface area contributed by atoms with Crippen LogP contribution in [-0.2, 0) is 19.2 Å². The van der Waals surface area contributed by atoms with Crippen molar-refractivity contribution in [2.75, 3.05) is 24.6 Å². The van der Waals surface area contributed by atoms with Crippen LogP contribution in [0.1, 0.15) is 26.7 Å². The van der Waals surface area contributed by atoms with E-state index in [1.54, 1.807) is 24.3 Å². The molecule has 1 aromatic rings. The molecule has 1 atom stereocenters. The third-order valence-corrected chi connectivity index (χ3v) is 4.16. The number of benzene rings is 1. The fourth-order valence-corrected chi connectivity index (χ4v) is 2.82. The van der Waals surface area contributed by atoms with Gasteiger partial charge in [0.1, 0.15) is 11.8 Å². The molecule has 9 nitrogen and oxygen atoms in total. The average molecular weight is 391 g/mol. The highest BCUT2D eigenvalue weighted by atomic mass is 16.5. The monoisotopic (exact) mass is 391 g/mol. The minimum absolute atomic E-state index is 0.00169. The van der Waals surface area contributed by atoms with Gasteiger partial charge in [-0.1, -0.05) is 26.0 Å². The molecule has 152 valence electrons. The number of carbonyl (C=O) groups is 4. The van der Waals surface area contributed by atoms with Crippen molar-refractivity contribution in [3.05, 3.63) is 24.3 Å². The summed E-state index contributed by atoms with van der Waals surface area (Å²) in [6.07, 6.45) is 0.301. The lowest BCUT2D eigenvalue weighted by molar-refractivity contribution is -0.142. The predicted octanol–water partition coefficient (Wildman–Crippen LogP) is 0.534. The summed E-state index contributed by atoms with van der Waals surface area (Å²) in [7, 11) is 0. The number of amides is 3. The number of ether oxygens (including phenoxy) is 1. The summed E-state index contributed by atoms with van der Waals surface area (Å²) < 4.78 is 5.34. The van der Waals surface area contributed by atoms with E-state index in [1.165, 1.54) is 4.90 Å². The van der Waals surface area contributed by atoms with Gasteiger partial charge in [0.2, 0.25) is 11.8 Å². The number of hydrogen-bond acceptors (Lipinski definition) is 5. The first-order chi connectivity index (χ1) is 13.3. The lowest BCUT2D eigenvalue weighted by atomic mass is 10.0. The minimum atomic E-state index is -1.11. The van der Waals surface area contributed by atoms with Gasteiger partial charge in [-0.2, -0.15) is 0 Å². The number of carboxylic acids is 1. The van der Waals surface area contributed by atoms with Gasteiger partial charge in [0.25, 0.3) is 5.91 Å². The van der Waals surface area contributed by atoms with Crippen LogP contribution >= 0.6 is 0 Å². The van der Waals surface area contributed by atoms with Crippen LogP contribution in [0.4, 0.5) is 5.69 Å². The number of nitrogens with one attached hydrogen (secondary N) is 2. The van der Waals surface area contributed by atoms with E-state index in [-0.39, 0.29) is 37.9 Å². The van der Waals surface area contributed by atoms with Crippen molar-refractivity contribution in [1.29, 1.82) is 0 Å². The van der Waals surface area contributed by atoms with E-state index in [1.807, 2.05) is 13.8 Å². The maximum Gasteiger partial charge on any atom is 0.326 e. The Balaban J connectivity index is 1.81. The van der Waals surface area contributed by atoms with E-state index in [0.717, 1.165) is 0 Å². The molecule has 1 aliphatic heterocycles. The van der Waals surface area contributed by atoms with Crippen LogP contribution in [0.3, 0.4) is 0 Å². The van der Waals surface area contributed by atoms with E-state index in [4.69, 9.17) is 9.84 Å². The minimum Gasteiger partial charge on any atom is -0.482 e. The molecule has 3 N–H and O–H groups in total. The Labute approximate surface area is 163 Å². The first-order valence-electron chi connectivity index (χ1n) is 9.09. The Bertz CT molecular complexity index is 749. The number of aliphatic carboxylic acids is 1. The number of anilines is 1. The summed E-state index contributed by atoms with van der Waals surface area (Å²) in [6, 6.07) is 6.05. The molecule has 0 fully saturated rings. The van der Waals surface area contributed by atoms with Gasteiger partial charge in [-0.25, -0.2) is 4.79 Å². The summed E-state index contributed by atoms with van der Waals surface area (Å²) >= 11 is 0. The van der Waals surface area contributed by atoms with Gasteiger partial charge < -0.3 is 25.4 Å². The highest BCUT2D eigenvalue weighted by molar-refractivity contribution is 5.98. The molecule has 0 bridgehead atoms. The fourth-order valence-electron chi connectivity index (χ4n) is 2.82. The van der Waals surface area contributed by atoms with Gasteiger partial charge in [0.05, 0.1) is 12.2 Å². The Kier molecular flexibility index (Phi) is 7.36. The summed E-state index contributed by atoms with van der Waals surface area (Å²) in [5.41, 5.74) is 0.599. The summed E-state index contributed by atoms with van der Waals surface area (Å²) in [6.45, 7) is 3.45. The number of rotatable bonds is 9. The van der Waals surface area contributed by atoms with Gasteiger partial charge >= 0.3 is 5.97 Å². The molecule has 0 spiro atoms. The number of para-hydroxylation sites is 2. The van der Waals surface area contributed by atoms with Crippen LogP contribution in [0.2, 0.25) is 0 Å².